The normalized spacial score (nSPS) is 20.4. The SMILES string of the molecule is CN1C(=O)/C(=C/c2ccc(C(=O)N(C)C3CCCCC3)cc2)SC1=S. The first-order valence-corrected chi connectivity index (χ1v) is 9.78. The number of thioether (sulfide) groups is 1. The lowest BCUT2D eigenvalue weighted by atomic mass is 9.94. The van der Waals surface area contributed by atoms with E-state index in [0.717, 1.165) is 18.4 Å². The van der Waals surface area contributed by atoms with Crippen LogP contribution in [0.25, 0.3) is 6.08 Å². The number of rotatable bonds is 3. The molecule has 4 nitrogen and oxygen atoms in total. The molecule has 0 atom stereocenters. The summed E-state index contributed by atoms with van der Waals surface area (Å²) in [6.07, 6.45) is 7.70. The minimum atomic E-state index is -0.0767. The third kappa shape index (κ3) is 3.96. The molecule has 0 spiro atoms. The molecule has 1 heterocycles. The van der Waals surface area contributed by atoms with Gasteiger partial charge in [-0.15, -0.1) is 0 Å². The van der Waals surface area contributed by atoms with Gasteiger partial charge in [0, 0.05) is 25.7 Å². The molecule has 1 aromatic rings. The summed E-state index contributed by atoms with van der Waals surface area (Å²) in [6, 6.07) is 7.78. The van der Waals surface area contributed by atoms with E-state index in [9.17, 15) is 9.59 Å². The van der Waals surface area contributed by atoms with Crippen molar-refractivity contribution in [2.45, 2.75) is 38.1 Å². The fraction of sp³-hybridized carbons (Fsp3) is 0.421. The van der Waals surface area contributed by atoms with E-state index in [1.165, 1.54) is 35.9 Å². The highest BCUT2D eigenvalue weighted by Crippen LogP contribution is 2.31. The molecule has 1 aromatic carbocycles. The van der Waals surface area contributed by atoms with Crippen LogP contribution in [0.3, 0.4) is 0 Å². The number of thiocarbonyl (C=S) groups is 1. The summed E-state index contributed by atoms with van der Waals surface area (Å²) in [6.45, 7) is 0. The van der Waals surface area contributed by atoms with Crippen molar-refractivity contribution in [3.8, 4) is 0 Å². The standard InChI is InChI=1S/C19H22N2O2S2/c1-20(15-6-4-3-5-7-15)17(22)14-10-8-13(9-11-14)12-16-18(23)21(2)19(24)25-16/h8-12,15H,3-7H2,1-2H3/b16-12-. The van der Waals surface area contributed by atoms with Crippen LogP contribution in [0.5, 0.6) is 0 Å². The first kappa shape index (κ1) is 18.1. The fourth-order valence-corrected chi connectivity index (χ4v) is 4.44. The Morgan fingerprint density at radius 1 is 1.24 bits per heavy atom. The lowest BCUT2D eigenvalue weighted by Crippen LogP contribution is -2.38. The average molecular weight is 375 g/mol. The predicted molar refractivity (Wildman–Crippen MR) is 106 cm³/mol. The highest BCUT2D eigenvalue weighted by Gasteiger charge is 2.28. The van der Waals surface area contributed by atoms with Gasteiger partial charge in [-0.3, -0.25) is 14.5 Å². The molecule has 0 bridgehead atoms. The second-order valence-corrected chi connectivity index (χ2v) is 8.25. The molecule has 1 aliphatic heterocycles. The minimum Gasteiger partial charge on any atom is -0.339 e. The monoisotopic (exact) mass is 374 g/mol. The molecule has 6 heteroatoms. The van der Waals surface area contributed by atoms with Gasteiger partial charge in [-0.25, -0.2) is 0 Å². The molecule has 2 aliphatic rings. The summed E-state index contributed by atoms with van der Waals surface area (Å²) < 4.78 is 0.567. The van der Waals surface area contributed by atoms with Crippen LogP contribution >= 0.6 is 24.0 Å². The number of nitrogens with zero attached hydrogens (tertiary/aromatic N) is 2. The number of carbonyl (C=O) groups is 2. The second kappa shape index (κ2) is 7.70. The van der Waals surface area contributed by atoms with Crippen LogP contribution in [-0.2, 0) is 4.79 Å². The summed E-state index contributed by atoms with van der Waals surface area (Å²) in [5.74, 6) is -0.00878. The summed E-state index contributed by atoms with van der Waals surface area (Å²) in [5.41, 5.74) is 1.58. The number of amides is 2. The summed E-state index contributed by atoms with van der Waals surface area (Å²) in [4.78, 5) is 28.7. The van der Waals surface area contributed by atoms with E-state index in [4.69, 9.17) is 12.2 Å². The van der Waals surface area contributed by atoms with Crippen LogP contribution in [0.2, 0.25) is 0 Å². The Hall–Kier alpha value is -1.66. The zero-order valence-corrected chi connectivity index (χ0v) is 16.2. The molecular weight excluding hydrogens is 352 g/mol. The van der Waals surface area contributed by atoms with E-state index < -0.39 is 0 Å². The molecule has 1 saturated heterocycles. The van der Waals surface area contributed by atoms with Crippen molar-refractivity contribution >= 4 is 46.2 Å². The van der Waals surface area contributed by atoms with Gasteiger partial charge in [0.25, 0.3) is 11.8 Å². The van der Waals surface area contributed by atoms with Gasteiger partial charge >= 0.3 is 0 Å². The van der Waals surface area contributed by atoms with Gasteiger partial charge in [0.15, 0.2) is 0 Å². The largest absolute Gasteiger partial charge is 0.339 e. The number of carbonyl (C=O) groups excluding carboxylic acids is 2. The number of hydrogen-bond donors (Lipinski definition) is 0. The first-order valence-electron chi connectivity index (χ1n) is 8.56. The average Bonchev–Trinajstić information content (AvgIpc) is 2.88. The van der Waals surface area contributed by atoms with Crippen molar-refractivity contribution < 1.29 is 9.59 Å². The number of benzene rings is 1. The highest BCUT2D eigenvalue weighted by molar-refractivity contribution is 8.26. The molecule has 2 amide bonds. The maximum atomic E-state index is 12.7. The van der Waals surface area contributed by atoms with E-state index in [1.807, 2.05) is 42.3 Å². The number of hydrogen-bond acceptors (Lipinski definition) is 4. The molecular formula is C19H22N2O2S2. The lowest BCUT2D eigenvalue weighted by molar-refractivity contribution is -0.121. The van der Waals surface area contributed by atoms with Crippen LogP contribution in [0, 0.1) is 0 Å². The van der Waals surface area contributed by atoms with Gasteiger partial charge in [0.1, 0.15) is 4.32 Å². The zero-order chi connectivity index (χ0) is 18.0. The molecule has 1 saturated carbocycles. The maximum absolute atomic E-state index is 12.7. The maximum Gasteiger partial charge on any atom is 0.265 e. The van der Waals surface area contributed by atoms with E-state index in [2.05, 4.69) is 0 Å². The first-order chi connectivity index (χ1) is 12.0. The molecule has 0 radical (unpaired) electrons. The summed E-state index contributed by atoms with van der Waals surface area (Å²) in [7, 11) is 3.58. The molecule has 0 aromatic heterocycles. The summed E-state index contributed by atoms with van der Waals surface area (Å²) >= 11 is 6.44. The van der Waals surface area contributed by atoms with E-state index in [-0.39, 0.29) is 11.8 Å². The van der Waals surface area contributed by atoms with E-state index in [1.54, 1.807) is 7.05 Å². The quantitative estimate of drug-likeness (QED) is 0.594. The third-order valence-electron chi connectivity index (χ3n) is 4.88. The smallest absolute Gasteiger partial charge is 0.265 e. The van der Waals surface area contributed by atoms with Crippen molar-refractivity contribution in [3.05, 3.63) is 40.3 Å². The van der Waals surface area contributed by atoms with Gasteiger partial charge in [0.2, 0.25) is 0 Å². The van der Waals surface area contributed by atoms with Crippen molar-refractivity contribution in [2.24, 2.45) is 0 Å². The Kier molecular flexibility index (Phi) is 5.59. The molecule has 0 N–H and O–H groups in total. The van der Waals surface area contributed by atoms with Gasteiger partial charge in [-0.05, 0) is 36.6 Å². The van der Waals surface area contributed by atoms with Crippen LogP contribution in [-0.4, -0.2) is 46.1 Å². The van der Waals surface area contributed by atoms with E-state index in [0.29, 0.717) is 20.8 Å². The molecule has 2 fully saturated rings. The van der Waals surface area contributed by atoms with Crippen molar-refractivity contribution in [3.63, 3.8) is 0 Å². The second-order valence-electron chi connectivity index (χ2n) is 6.57. The van der Waals surface area contributed by atoms with Crippen LogP contribution in [0.1, 0.15) is 48.0 Å². The van der Waals surface area contributed by atoms with Gasteiger partial charge in [-0.1, -0.05) is 55.4 Å². The summed E-state index contributed by atoms with van der Waals surface area (Å²) in [5, 5.41) is 0. The molecule has 132 valence electrons. The van der Waals surface area contributed by atoms with E-state index >= 15 is 0 Å². The van der Waals surface area contributed by atoms with Crippen LogP contribution in [0.15, 0.2) is 29.2 Å². The van der Waals surface area contributed by atoms with Crippen LogP contribution < -0.4 is 0 Å². The van der Waals surface area contributed by atoms with Crippen molar-refractivity contribution in [2.75, 3.05) is 14.1 Å². The number of likely N-dealkylation sites (N-methyl/N-ethyl adjacent to an activating group) is 1. The Morgan fingerprint density at radius 2 is 1.88 bits per heavy atom. The van der Waals surface area contributed by atoms with Gasteiger partial charge < -0.3 is 4.90 Å². The zero-order valence-electron chi connectivity index (χ0n) is 14.5. The van der Waals surface area contributed by atoms with Crippen LogP contribution in [0.4, 0.5) is 0 Å². The topological polar surface area (TPSA) is 40.6 Å². The Labute approximate surface area is 158 Å². The van der Waals surface area contributed by atoms with Gasteiger partial charge in [0.05, 0.1) is 4.91 Å². The predicted octanol–water partition coefficient (Wildman–Crippen LogP) is 3.92. The van der Waals surface area contributed by atoms with Gasteiger partial charge in [-0.2, -0.15) is 0 Å². The Morgan fingerprint density at radius 3 is 2.44 bits per heavy atom. The lowest BCUT2D eigenvalue weighted by Gasteiger charge is -2.31. The molecule has 25 heavy (non-hydrogen) atoms. The molecule has 3 rings (SSSR count). The van der Waals surface area contributed by atoms with Crippen molar-refractivity contribution in [1.29, 1.82) is 0 Å². The Balaban J connectivity index is 1.71. The third-order valence-corrected chi connectivity index (χ3v) is 6.37. The fourth-order valence-electron chi connectivity index (χ4n) is 3.26. The molecule has 1 aliphatic carbocycles. The molecule has 0 unspecified atom stereocenters. The minimum absolute atomic E-state index is 0.0679. The van der Waals surface area contributed by atoms with Crippen molar-refractivity contribution in [1.82, 2.24) is 9.80 Å². The Bertz CT molecular complexity index is 721. The highest BCUT2D eigenvalue weighted by atomic mass is 32.2.